The first-order valence-electron chi connectivity index (χ1n) is 6.32. The molecule has 5 nitrogen and oxygen atoms in total. The van der Waals surface area contributed by atoms with Crippen LogP contribution in [0.1, 0.15) is 5.56 Å². The highest BCUT2D eigenvalue weighted by Crippen LogP contribution is 2.27. The Bertz CT molecular complexity index is 370. The Balaban J connectivity index is 2.35. The van der Waals surface area contributed by atoms with Gasteiger partial charge < -0.3 is 24.6 Å². The summed E-state index contributed by atoms with van der Waals surface area (Å²) in [6.07, 6.45) is -0.567. The summed E-state index contributed by atoms with van der Waals surface area (Å²) in [4.78, 5) is 0. The maximum atomic E-state index is 9.76. The second kappa shape index (κ2) is 8.74. The first-order chi connectivity index (χ1) is 9.17. The summed E-state index contributed by atoms with van der Waals surface area (Å²) >= 11 is 0. The molecule has 0 aliphatic rings. The van der Waals surface area contributed by atoms with Gasteiger partial charge in [0.25, 0.3) is 0 Å². The Morgan fingerprint density at radius 1 is 1.26 bits per heavy atom. The monoisotopic (exact) mass is 269 g/mol. The van der Waals surface area contributed by atoms with Gasteiger partial charge in [0.2, 0.25) is 0 Å². The van der Waals surface area contributed by atoms with Crippen LogP contribution < -0.4 is 14.8 Å². The van der Waals surface area contributed by atoms with Crippen molar-refractivity contribution in [1.29, 1.82) is 0 Å². The fraction of sp³-hybridized carbons (Fsp3) is 0.571. The summed E-state index contributed by atoms with van der Waals surface area (Å²) in [6, 6.07) is 5.69. The van der Waals surface area contributed by atoms with Crippen LogP contribution in [0.4, 0.5) is 0 Å². The van der Waals surface area contributed by atoms with Crippen molar-refractivity contribution in [2.24, 2.45) is 0 Å². The molecule has 5 heteroatoms. The van der Waals surface area contributed by atoms with E-state index in [0.717, 1.165) is 5.56 Å². The van der Waals surface area contributed by atoms with Crippen molar-refractivity contribution in [1.82, 2.24) is 5.32 Å². The molecule has 0 spiro atoms. The standard InChI is InChI=1S/C14H23NO4/c1-11-4-5-13(14(8-11)18-3)19-10-12(16)9-15-6-7-17-2/h4-5,8,12,15-16H,6-7,9-10H2,1-3H3. The number of benzene rings is 1. The van der Waals surface area contributed by atoms with Gasteiger partial charge >= 0.3 is 0 Å². The molecule has 0 saturated carbocycles. The van der Waals surface area contributed by atoms with Crippen molar-refractivity contribution in [2.45, 2.75) is 13.0 Å². The maximum absolute atomic E-state index is 9.76. The molecule has 0 fully saturated rings. The molecule has 1 atom stereocenters. The summed E-state index contributed by atoms with van der Waals surface area (Å²) < 4.78 is 15.7. The van der Waals surface area contributed by atoms with Crippen LogP contribution in [0.25, 0.3) is 0 Å². The largest absolute Gasteiger partial charge is 0.493 e. The van der Waals surface area contributed by atoms with Gasteiger partial charge in [0.1, 0.15) is 12.7 Å². The molecular formula is C14H23NO4. The molecule has 0 heterocycles. The predicted octanol–water partition coefficient (Wildman–Crippen LogP) is 0.979. The molecule has 0 aromatic heterocycles. The number of aliphatic hydroxyl groups excluding tert-OH is 1. The minimum absolute atomic E-state index is 0.222. The fourth-order valence-corrected chi connectivity index (χ4v) is 1.58. The lowest BCUT2D eigenvalue weighted by Gasteiger charge is -2.15. The van der Waals surface area contributed by atoms with Gasteiger partial charge in [-0.1, -0.05) is 6.07 Å². The zero-order valence-electron chi connectivity index (χ0n) is 11.8. The molecule has 1 rings (SSSR count). The zero-order chi connectivity index (χ0) is 14.1. The van der Waals surface area contributed by atoms with E-state index in [2.05, 4.69) is 5.32 Å². The van der Waals surface area contributed by atoms with E-state index in [4.69, 9.17) is 14.2 Å². The highest BCUT2D eigenvalue weighted by atomic mass is 16.5. The third kappa shape index (κ3) is 5.92. The highest BCUT2D eigenvalue weighted by Gasteiger charge is 2.08. The quantitative estimate of drug-likeness (QED) is 0.654. The van der Waals surface area contributed by atoms with Crippen LogP contribution in [0.15, 0.2) is 18.2 Å². The van der Waals surface area contributed by atoms with E-state index in [1.165, 1.54) is 0 Å². The summed E-state index contributed by atoms with van der Waals surface area (Å²) in [5.41, 5.74) is 1.10. The van der Waals surface area contributed by atoms with Gasteiger partial charge in [-0.3, -0.25) is 0 Å². The summed E-state index contributed by atoms with van der Waals surface area (Å²) in [6.45, 7) is 4.01. The third-order valence-corrected chi connectivity index (χ3v) is 2.61. The first kappa shape index (κ1) is 15.8. The lowest BCUT2D eigenvalue weighted by Crippen LogP contribution is -2.33. The normalized spacial score (nSPS) is 12.2. The van der Waals surface area contributed by atoms with Gasteiger partial charge in [-0.15, -0.1) is 0 Å². The van der Waals surface area contributed by atoms with Gasteiger partial charge in [0.15, 0.2) is 11.5 Å². The smallest absolute Gasteiger partial charge is 0.161 e. The minimum Gasteiger partial charge on any atom is -0.493 e. The Labute approximate surface area is 114 Å². The van der Waals surface area contributed by atoms with Crippen LogP contribution in [0.2, 0.25) is 0 Å². The van der Waals surface area contributed by atoms with Crippen LogP contribution in [0, 0.1) is 6.92 Å². The van der Waals surface area contributed by atoms with Crippen molar-refractivity contribution in [3.8, 4) is 11.5 Å². The second-order valence-corrected chi connectivity index (χ2v) is 4.32. The number of hydrogen-bond acceptors (Lipinski definition) is 5. The fourth-order valence-electron chi connectivity index (χ4n) is 1.58. The average Bonchev–Trinajstić information content (AvgIpc) is 2.42. The Morgan fingerprint density at radius 2 is 2.05 bits per heavy atom. The number of aliphatic hydroxyl groups is 1. The Hall–Kier alpha value is -1.30. The molecule has 0 bridgehead atoms. The molecule has 19 heavy (non-hydrogen) atoms. The maximum Gasteiger partial charge on any atom is 0.161 e. The number of aryl methyl sites for hydroxylation is 1. The lowest BCUT2D eigenvalue weighted by molar-refractivity contribution is 0.102. The topological polar surface area (TPSA) is 60.0 Å². The number of rotatable bonds is 9. The van der Waals surface area contributed by atoms with E-state index in [0.29, 0.717) is 31.2 Å². The van der Waals surface area contributed by atoms with Gasteiger partial charge in [-0.05, 0) is 24.6 Å². The first-order valence-corrected chi connectivity index (χ1v) is 6.32. The van der Waals surface area contributed by atoms with Gasteiger partial charge in [0, 0.05) is 20.2 Å². The van der Waals surface area contributed by atoms with Crippen molar-refractivity contribution in [2.75, 3.05) is 40.5 Å². The molecule has 0 aliphatic heterocycles. The molecule has 0 saturated heterocycles. The lowest BCUT2D eigenvalue weighted by atomic mass is 10.2. The molecular weight excluding hydrogens is 246 g/mol. The van der Waals surface area contributed by atoms with Crippen LogP contribution >= 0.6 is 0 Å². The Kier molecular flexibility index (Phi) is 7.25. The van der Waals surface area contributed by atoms with E-state index in [9.17, 15) is 5.11 Å². The Morgan fingerprint density at radius 3 is 2.74 bits per heavy atom. The average molecular weight is 269 g/mol. The minimum atomic E-state index is -0.567. The van der Waals surface area contributed by atoms with Gasteiger partial charge in [-0.2, -0.15) is 0 Å². The van der Waals surface area contributed by atoms with Gasteiger partial charge in [-0.25, -0.2) is 0 Å². The van der Waals surface area contributed by atoms with Crippen LogP contribution in [0.3, 0.4) is 0 Å². The van der Waals surface area contributed by atoms with Crippen LogP contribution in [0.5, 0.6) is 11.5 Å². The van der Waals surface area contributed by atoms with Gasteiger partial charge in [0.05, 0.1) is 13.7 Å². The van der Waals surface area contributed by atoms with E-state index < -0.39 is 6.10 Å². The molecule has 2 N–H and O–H groups in total. The second-order valence-electron chi connectivity index (χ2n) is 4.32. The number of nitrogens with one attached hydrogen (secondary N) is 1. The van der Waals surface area contributed by atoms with Crippen molar-refractivity contribution in [3.63, 3.8) is 0 Å². The predicted molar refractivity (Wildman–Crippen MR) is 74.0 cm³/mol. The van der Waals surface area contributed by atoms with E-state index in [1.807, 2.05) is 25.1 Å². The molecule has 1 aromatic rings. The van der Waals surface area contributed by atoms with Crippen molar-refractivity contribution < 1.29 is 19.3 Å². The van der Waals surface area contributed by atoms with E-state index in [1.54, 1.807) is 14.2 Å². The number of methoxy groups -OCH3 is 2. The summed E-state index contributed by atoms with van der Waals surface area (Å²) in [5.74, 6) is 1.32. The summed E-state index contributed by atoms with van der Waals surface area (Å²) in [5, 5.41) is 12.8. The van der Waals surface area contributed by atoms with E-state index >= 15 is 0 Å². The molecule has 1 unspecified atom stereocenters. The molecule has 1 aromatic carbocycles. The van der Waals surface area contributed by atoms with Crippen LogP contribution in [-0.2, 0) is 4.74 Å². The van der Waals surface area contributed by atoms with Crippen molar-refractivity contribution in [3.05, 3.63) is 23.8 Å². The number of ether oxygens (including phenoxy) is 3. The molecule has 0 aliphatic carbocycles. The van der Waals surface area contributed by atoms with E-state index in [-0.39, 0.29) is 6.61 Å². The molecule has 108 valence electrons. The van der Waals surface area contributed by atoms with Crippen LogP contribution in [-0.4, -0.2) is 51.7 Å². The SMILES string of the molecule is COCCNCC(O)COc1ccc(C)cc1OC. The molecule has 0 amide bonds. The number of hydrogen-bond donors (Lipinski definition) is 2. The zero-order valence-corrected chi connectivity index (χ0v) is 11.8. The molecule has 0 radical (unpaired) electrons. The third-order valence-electron chi connectivity index (χ3n) is 2.61. The summed E-state index contributed by atoms with van der Waals surface area (Å²) in [7, 11) is 3.25. The van der Waals surface area contributed by atoms with Crippen molar-refractivity contribution >= 4 is 0 Å². The highest BCUT2D eigenvalue weighted by molar-refractivity contribution is 5.42.